The summed E-state index contributed by atoms with van der Waals surface area (Å²) in [6, 6.07) is 9.79. The highest BCUT2D eigenvalue weighted by atomic mass is 16.6. The van der Waals surface area contributed by atoms with Crippen molar-refractivity contribution in [3.05, 3.63) is 57.0 Å². The molecule has 36 heavy (non-hydrogen) atoms. The third-order valence-corrected chi connectivity index (χ3v) is 6.39. The van der Waals surface area contributed by atoms with Crippen molar-refractivity contribution in [3.8, 4) is 0 Å². The zero-order chi connectivity index (χ0) is 25.8. The number of hydrogen-bond donors (Lipinski definition) is 1. The zero-order valence-electron chi connectivity index (χ0n) is 20.3. The molecule has 0 spiro atoms. The fourth-order valence-electron chi connectivity index (χ4n) is 4.43. The molecule has 0 radical (unpaired) electrons. The molecule has 1 fully saturated rings. The van der Waals surface area contributed by atoms with Crippen LogP contribution in [0.1, 0.15) is 26.7 Å². The maximum atomic E-state index is 12.6. The monoisotopic (exact) mass is 495 g/mol. The number of pyridine rings is 1. The Morgan fingerprint density at radius 2 is 1.64 bits per heavy atom. The fraction of sp³-hybridized carbons (Fsp3) is 0.417. The molecular formula is C24H29N7O5. The number of nitrogens with zero attached hydrogens (tertiary/aromatic N) is 6. The number of benzene rings is 1. The lowest BCUT2D eigenvalue weighted by atomic mass is 10.2. The molecule has 0 atom stereocenters. The van der Waals surface area contributed by atoms with Gasteiger partial charge in [0, 0.05) is 69.9 Å². The number of carbonyl (C=O) groups is 2. The first-order valence-electron chi connectivity index (χ1n) is 12.0. The number of nitrogens with one attached hydrogen (secondary N) is 1. The fourth-order valence-corrected chi connectivity index (χ4v) is 4.43. The number of anilines is 2. The second-order valence-electron chi connectivity index (χ2n) is 8.50. The number of aryl methyl sites for hydroxylation is 2. The van der Waals surface area contributed by atoms with Crippen molar-refractivity contribution in [3.63, 3.8) is 0 Å². The first-order chi connectivity index (χ1) is 17.3. The van der Waals surface area contributed by atoms with E-state index in [1.165, 1.54) is 12.1 Å². The molecule has 3 heterocycles. The zero-order valence-corrected chi connectivity index (χ0v) is 20.3. The molecule has 190 valence electrons. The molecule has 12 nitrogen and oxygen atoms in total. The summed E-state index contributed by atoms with van der Waals surface area (Å²) in [5.74, 6) is -0.0797. The summed E-state index contributed by atoms with van der Waals surface area (Å²) in [7, 11) is 0. The van der Waals surface area contributed by atoms with Gasteiger partial charge in [-0.05, 0) is 38.1 Å². The number of nitro groups is 1. The van der Waals surface area contributed by atoms with Gasteiger partial charge in [0.05, 0.1) is 10.4 Å². The number of aromatic nitrogens is 3. The summed E-state index contributed by atoms with van der Waals surface area (Å²) in [6.45, 7) is 7.00. The number of hydrogen-bond acceptors (Lipinski definition) is 7. The van der Waals surface area contributed by atoms with Crippen molar-refractivity contribution in [2.75, 3.05) is 36.4 Å². The average molecular weight is 496 g/mol. The molecule has 0 saturated carbocycles. The molecule has 3 aromatic rings. The van der Waals surface area contributed by atoms with Crippen molar-refractivity contribution in [1.82, 2.24) is 19.0 Å². The lowest BCUT2D eigenvalue weighted by Crippen LogP contribution is -2.48. The second kappa shape index (κ2) is 10.6. The smallest absolute Gasteiger partial charge is 0.330 e. The van der Waals surface area contributed by atoms with Crippen molar-refractivity contribution in [1.29, 1.82) is 0 Å². The molecule has 0 aliphatic carbocycles. The molecule has 2 aromatic heterocycles. The van der Waals surface area contributed by atoms with Crippen molar-refractivity contribution >= 4 is 40.2 Å². The number of non-ortho nitro benzene ring substituents is 1. The van der Waals surface area contributed by atoms with E-state index < -0.39 is 4.92 Å². The van der Waals surface area contributed by atoms with Gasteiger partial charge in [-0.25, -0.2) is 9.78 Å². The van der Waals surface area contributed by atoms with Crippen LogP contribution in [0.2, 0.25) is 0 Å². The van der Waals surface area contributed by atoms with E-state index in [2.05, 4.69) is 15.2 Å². The van der Waals surface area contributed by atoms with Gasteiger partial charge in [-0.3, -0.25) is 28.8 Å². The SMILES string of the molecule is CCn1c(=O)n(CC)c2nc(NC(=O)CCC(=O)N3CCN(c4ccc([N+](=O)[O-])cc4)CC3)ccc21. The lowest BCUT2D eigenvalue weighted by Gasteiger charge is -2.36. The van der Waals surface area contributed by atoms with E-state index in [1.807, 2.05) is 13.8 Å². The highest BCUT2D eigenvalue weighted by Crippen LogP contribution is 2.21. The number of imidazole rings is 1. The van der Waals surface area contributed by atoms with Crippen LogP contribution in [0.5, 0.6) is 0 Å². The van der Waals surface area contributed by atoms with Crippen LogP contribution in [-0.2, 0) is 22.7 Å². The van der Waals surface area contributed by atoms with E-state index in [0.717, 1.165) is 5.69 Å². The molecule has 1 aliphatic rings. The number of carbonyl (C=O) groups excluding carboxylic acids is 2. The maximum Gasteiger partial charge on any atom is 0.330 e. The Balaban J connectivity index is 1.29. The maximum absolute atomic E-state index is 12.6. The van der Waals surface area contributed by atoms with E-state index in [0.29, 0.717) is 56.3 Å². The van der Waals surface area contributed by atoms with Gasteiger partial charge in [0.15, 0.2) is 5.65 Å². The normalized spacial score (nSPS) is 13.7. The molecule has 1 saturated heterocycles. The van der Waals surface area contributed by atoms with Crippen LogP contribution >= 0.6 is 0 Å². The first-order valence-corrected chi connectivity index (χ1v) is 12.0. The van der Waals surface area contributed by atoms with Crippen molar-refractivity contribution < 1.29 is 14.5 Å². The molecule has 1 aromatic carbocycles. The molecule has 0 unspecified atom stereocenters. The van der Waals surface area contributed by atoms with Gasteiger partial charge in [0.25, 0.3) is 5.69 Å². The molecule has 1 aliphatic heterocycles. The Kier molecular flexibility index (Phi) is 7.32. The van der Waals surface area contributed by atoms with Gasteiger partial charge in [-0.2, -0.15) is 0 Å². The van der Waals surface area contributed by atoms with Crippen LogP contribution in [0.15, 0.2) is 41.2 Å². The Hall–Kier alpha value is -4.22. The van der Waals surface area contributed by atoms with Gasteiger partial charge in [-0.15, -0.1) is 0 Å². The van der Waals surface area contributed by atoms with E-state index >= 15 is 0 Å². The number of amides is 2. The van der Waals surface area contributed by atoms with E-state index in [4.69, 9.17) is 0 Å². The van der Waals surface area contributed by atoms with Gasteiger partial charge in [0.1, 0.15) is 5.82 Å². The van der Waals surface area contributed by atoms with Gasteiger partial charge >= 0.3 is 5.69 Å². The predicted molar refractivity (Wildman–Crippen MR) is 135 cm³/mol. The Morgan fingerprint density at radius 1 is 0.972 bits per heavy atom. The summed E-state index contributed by atoms with van der Waals surface area (Å²) in [5, 5.41) is 13.6. The number of piperazine rings is 1. The molecule has 2 amide bonds. The molecule has 0 bridgehead atoms. The summed E-state index contributed by atoms with van der Waals surface area (Å²) >= 11 is 0. The second-order valence-corrected chi connectivity index (χ2v) is 8.50. The van der Waals surface area contributed by atoms with Crippen molar-refractivity contribution in [2.24, 2.45) is 0 Å². The lowest BCUT2D eigenvalue weighted by molar-refractivity contribution is -0.384. The quantitative estimate of drug-likeness (QED) is 0.374. The number of nitro benzene ring substituents is 1. The summed E-state index contributed by atoms with van der Waals surface area (Å²) < 4.78 is 3.20. The van der Waals surface area contributed by atoms with Crippen LogP contribution in [0.25, 0.3) is 11.2 Å². The minimum Gasteiger partial charge on any atom is -0.368 e. The highest BCUT2D eigenvalue weighted by molar-refractivity contribution is 5.93. The van der Waals surface area contributed by atoms with E-state index in [-0.39, 0.29) is 36.0 Å². The Labute approximate surface area is 207 Å². The predicted octanol–water partition coefficient (Wildman–Crippen LogP) is 2.21. The minimum absolute atomic E-state index is 0.0255. The van der Waals surface area contributed by atoms with Gasteiger partial charge in [-0.1, -0.05) is 0 Å². The summed E-state index contributed by atoms with van der Waals surface area (Å²) in [4.78, 5) is 56.3. The third kappa shape index (κ3) is 5.07. The van der Waals surface area contributed by atoms with Gasteiger partial charge in [0.2, 0.25) is 11.8 Å². The summed E-state index contributed by atoms with van der Waals surface area (Å²) in [6.07, 6.45) is 0.106. The van der Waals surface area contributed by atoms with Crippen LogP contribution in [0.3, 0.4) is 0 Å². The number of fused-ring (bicyclic) bond motifs is 1. The molecule has 4 rings (SSSR count). The van der Waals surface area contributed by atoms with E-state index in [9.17, 15) is 24.5 Å². The molecular weight excluding hydrogens is 466 g/mol. The Morgan fingerprint density at radius 3 is 2.25 bits per heavy atom. The van der Waals surface area contributed by atoms with E-state index in [1.54, 1.807) is 38.3 Å². The Bertz CT molecular complexity index is 1340. The average Bonchev–Trinajstić information content (AvgIpc) is 3.16. The van der Waals surface area contributed by atoms with Gasteiger partial charge < -0.3 is 15.1 Å². The molecule has 12 heteroatoms. The summed E-state index contributed by atoms with van der Waals surface area (Å²) in [5.41, 5.74) is 2.01. The van der Waals surface area contributed by atoms with Crippen LogP contribution in [0.4, 0.5) is 17.2 Å². The third-order valence-electron chi connectivity index (χ3n) is 6.39. The van der Waals surface area contributed by atoms with Crippen molar-refractivity contribution in [2.45, 2.75) is 39.8 Å². The standard InChI is InChI=1S/C24H29N7O5/c1-3-29-19-9-10-20(26-23(19)30(4-2)24(29)34)25-21(32)11-12-22(33)28-15-13-27(14-16-28)17-5-7-18(8-6-17)31(35)36/h5-10H,3-4,11-16H2,1-2H3,(H,25,26,32). The largest absolute Gasteiger partial charge is 0.368 e. The van der Waals surface area contributed by atoms with Crippen LogP contribution < -0.4 is 15.9 Å². The van der Waals surface area contributed by atoms with Crippen LogP contribution in [0, 0.1) is 10.1 Å². The topological polar surface area (TPSA) is 136 Å². The highest BCUT2D eigenvalue weighted by Gasteiger charge is 2.22. The first kappa shape index (κ1) is 24.9. The number of rotatable bonds is 8. The molecule has 1 N–H and O–H groups in total. The van der Waals surface area contributed by atoms with Crippen LogP contribution in [-0.4, -0.2) is 61.9 Å². The minimum atomic E-state index is -0.433.